The van der Waals surface area contributed by atoms with Crippen molar-refractivity contribution in [2.45, 2.75) is 58.4 Å². The van der Waals surface area contributed by atoms with E-state index in [-0.39, 0.29) is 6.09 Å². The summed E-state index contributed by atoms with van der Waals surface area (Å²) in [6.45, 7) is 5.62. The van der Waals surface area contributed by atoms with Crippen molar-refractivity contribution in [2.75, 3.05) is 13.2 Å². The van der Waals surface area contributed by atoms with Gasteiger partial charge in [-0.15, -0.1) is 0 Å². The minimum atomic E-state index is -0.102. The minimum Gasteiger partial charge on any atom is -0.449 e. The van der Waals surface area contributed by atoms with Crippen LogP contribution < -0.4 is 0 Å². The normalized spacial score (nSPS) is 21.5. The van der Waals surface area contributed by atoms with Gasteiger partial charge in [-0.25, -0.2) is 4.79 Å². The van der Waals surface area contributed by atoms with Gasteiger partial charge in [0, 0.05) is 12.6 Å². The molecule has 3 nitrogen and oxygen atoms in total. The van der Waals surface area contributed by atoms with Crippen LogP contribution in [0, 0.1) is 0 Å². The van der Waals surface area contributed by atoms with E-state index in [0.29, 0.717) is 12.6 Å². The van der Waals surface area contributed by atoms with Gasteiger partial charge in [-0.3, -0.25) is 0 Å². The van der Waals surface area contributed by atoms with Gasteiger partial charge >= 0.3 is 6.09 Å². The fourth-order valence-electron chi connectivity index (χ4n) is 2.15. The third kappa shape index (κ3) is 3.73. The van der Waals surface area contributed by atoms with Gasteiger partial charge in [-0.05, 0) is 32.1 Å². The summed E-state index contributed by atoms with van der Waals surface area (Å²) in [4.78, 5) is 13.7. The van der Waals surface area contributed by atoms with E-state index >= 15 is 0 Å². The monoisotopic (exact) mass is 213 g/mol. The topological polar surface area (TPSA) is 29.5 Å². The van der Waals surface area contributed by atoms with Crippen LogP contribution in [0.2, 0.25) is 0 Å². The fourth-order valence-corrected chi connectivity index (χ4v) is 2.15. The molecule has 0 radical (unpaired) electrons. The van der Waals surface area contributed by atoms with Crippen LogP contribution in [-0.4, -0.2) is 30.2 Å². The van der Waals surface area contributed by atoms with Gasteiger partial charge < -0.3 is 9.64 Å². The van der Waals surface area contributed by atoms with Gasteiger partial charge in [0.1, 0.15) is 0 Å². The number of carbonyl (C=O) groups is 1. The molecule has 1 fully saturated rings. The van der Waals surface area contributed by atoms with Crippen LogP contribution in [0.4, 0.5) is 4.79 Å². The van der Waals surface area contributed by atoms with Crippen molar-refractivity contribution in [3.05, 3.63) is 0 Å². The molecule has 0 aromatic carbocycles. The summed E-state index contributed by atoms with van der Waals surface area (Å²) in [6, 6.07) is 0.424. The number of amides is 1. The van der Waals surface area contributed by atoms with Crippen molar-refractivity contribution in [1.29, 1.82) is 0 Å². The molecular formula is C12H23NO2. The van der Waals surface area contributed by atoms with Crippen LogP contribution in [0.15, 0.2) is 0 Å². The van der Waals surface area contributed by atoms with E-state index in [1.165, 1.54) is 6.42 Å². The molecule has 1 rings (SSSR count). The second-order valence-corrected chi connectivity index (χ2v) is 4.25. The summed E-state index contributed by atoms with van der Waals surface area (Å²) >= 11 is 0. The molecule has 0 aromatic heterocycles. The lowest BCUT2D eigenvalue weighted by atomic mass is 9.99. The number of piperidine rings is 1. The van der Waals surface area contributed by atoms with E-state index in [1.54, 1.807) is 0 Å². The van der Waals surface area contributed by atoms with Crippen molar-refractivity contribution in [3.8, 4) is 0 Å². The molecule has 0 N–H and O–H groups in total. The third-order valence-corrected chi connectivity index (χ3v) is 2.91. The van der Waals surface area contributed by atoms with Crippen molar-refractivity contribution in [3.63, 3.8) is 0 Å². The third-order valence-electron chi connectivity index (χ3n) is 2.91. The zero-order valence-corrected chi connectivity index (χ0v) is 10.00. The average molecular weight is 213 g/mol. The summed E-state index contributed by atoms with van der Waals surface area (Å²) in [5.74, 6) is 0. The molecule has 0 spiro atoms. The lowest BCUT2D eigenvalue weighted by molar-refractivity contribution is 0.0708. The Labute approximate surface area is 92.8 Å². The van der Waals surface area contributed by atoms with E-state index in [2.05, 4.69) is 6.92 Å². The van der Waals surface area contributed by atoms with Gasteiger partial charge in [-0.2, -0.15) is 0 Å². The zero-order chi connectivity index (χ0) is 11.1. The Balaban J connectivity index is 2.43. The number of hydrogen-bond acceptors (Lipinski definition) is 2. The molecule has 15 heavy (non-hydrogen) atoms. The number of rotatable bonds is 4. The molecule has 1 aliphatic heterocycles. The molecule has 1 aliphatic rings. The standard InChI is InChI=1S/C12H23NO2/c1-3-7-11-8-5-6-9-13(11)12(14)15-10-4-2/h11H,3-10H2,1-2H3. The van der Waals surface area contributed by atoms with Gasteiger partial charge in [0.2, 0.25) is 0 Å². The lowest BCUT2D eigenvalue weighted by Gasteiger charge is -2.34. The summed E-state index contributed by atoms with van der Waals surface area (Å²) in [5, 5.41) is 0. The summed E-state index contributed by atoms with van der Waals surface area (Å²) in [7, 11) is 0. The highest BCUT2D eigenvalue weighted by atomic mass is 16.6. The van der Waals surface area contributed by atoms with Crippen molar-refractivity contribution in [2.24, 2.45) is 0 Å². The maximum absolute atomic E-state index is 11.7. The molecule has 88 valence electrons. The Hall–Kier alpha value is -0.730. The van der Waals surface area contributed by atoms with E-state index in [1.807, 2.05) is 11.8 Å². The Morgan fingerprint density at radius 1 is 1.33 bits per heavy atom. The SMILES string of the molecule is CCCOC(=O)N1CCCCC1CCC. The fraction of sp³-hybridized carbons (Fsp3) is 0.917. The van der Waals surface area contributed by atoms with Crippen LogP contribution in [0.3, 0.4) is 0 Å². The quantitative estimate of drug-likeness (QED) is 0.717. The molecule has 0 aromatic rings. The molecule has 0 saturated carbocycles. The van der Waals surface area contributed by atoms with E-state index in [0.717, 1.165) is 38.6 Å². The van der Waals surface area contributed by atoms with E-state index in [4.69, 9.17) is 4.74 Å². The predicted molar refractivity (Wildman–Crippen MR) is 60.9 cm³/mol. The van der Waals surface area contributed by atoms with Crippen molar-refractivity contribution >= 4 is 6.09 Å². The molecule has 1 amide bonds. The van der Waals surface area contributed by atoms with E-state index in [9.17, 15) is 4.79 Å². The maximum Gasteiger partial charge on any atom is 0.410 e. The van der Waals surface area contributed by atoms with Crippen molar-refractivity contribution < 1.29 is 9.53 Å². The number of carbonyl (C=O) groups excluding carboxylic acids is 1. The molecule has 0 aliphatic carbocycles. The van der Waals surface area contributed by atoms with Gasteiger partial charge in [0.15, 0.2) is 0 Å². The molecule has 1 atom stereocenters. The van der Waals surface area contributed by atoms with Crippen LogP contribution in [0.5, 0.6) is 0 Å². The van der Waals surface area contributed by atoms with Crippen LogP contribution >= 0.6 is 0 Å². The molecule has 0 bridgehead atoms. The van der Waals surface area contributed by atoms with Gasteiger partial charge in [-0.1, -0.05) is 20.3 Å². The first kappa shape index (κ1) is 12.3. The van der Waals surface area contributed by atoms with Crippen LogP contribution in [0.1, 0.15) is 52.4 Å². The first-order chi connectivity index (χ1) is 7.29. The summed E-state index contributed by atoms with van der Waals surface area (Å²) in [6.07, 6.45) is 6.58. The number of hydrogen-bond donors (Lipinski definition) is 0. The molecule has 3 heteroatoms. The second-order valence-electron chi connectivity index (χ2n) is 4.25. The predicted octanol–water partition coefficient (Wildman–Crippen LogP) is 3.19. The first-order valence-corrected chi connectivity index (χ1v) is 6.23. The van der Waals surface area contributed by atoms with Crippen molar-refractivity contribution in [1.82, 2.24) is 4.90 Å². The van der Waals surface area contributed by atoms with Crippen LogP contribution in [-0.2, 0) is 4.74 Å². The largest absolute Gasteiger partial charge is 0.449 e. The molecular weight excluding hydrogens is 190 g/mol. The van der Waals surface area contributed by atoms with E-state index < -0.39 is 0 Å². The number of nitrogens with zero attached hydrogens (tertiary/aromatic N) is 1. The highest BCUT2D eigenvalue weighted by Crippen LogP contribution is 2.21. The minimum absolute atomic E-state index is 0.102. The maximum atomic E-state index is 11.7. The Kier molecular flexibility index (Phi) is 5.51. The smallest absolute Gasteiger partial charge is 0.410 e. The Bertz CT molecular complexity index is 192. The zero-order valence-electron chi connectivity index (χ0n) is 10.00. The summed E-state index contributed by atoms with van der Waals surface area (Å²) in [5.41, 5.74) is 0. The highest BCUT2D eigenvalue weighted by molar-refractivity contribution is 5.68. The second kappa shape index (κ2) is 6.70. The average Bonchev–Trinajstić information content (AvgIpc) is 2.27. The van der Waals surface area contributed by atoms with Gasteiger partial charge in [0.05, 0.1) is 6.61 Å². The molecule has 1 heterocycles. The Morgan fingerprint density at radius 3 is 2.80 bits per heavy atom. The lowest BCUT2D eigenvalue weighted by Crippen LogP contribution is -2.44. The number of ether oxygens (including phenoxy) is 1. The Morgan fingerprint density at radius 2 is 2.13 bits per heavy atom. The summed E-state index contributed by atoms with van der Waals surface area (Å²) < 4.78 is 5.19. The first-order valence-electron chi connectivity index (χ1n) is 6.23. The number of likely N-dealkylation sites (tertiary alicyclic amines) is 1. The van der Waals surface area contributed by atoms with Crippen LogP contribution in [0.25, 0.3) is 0 Å². The van der Waals surface area contributed by atoms with Gasteiger partial charge in [0.25, 0.3) is 0 Å². The molecule has 1 saturated heterocycles. The molecule has 1 unspecified atom stereocenters. The highest BCUT2D eigenvalue weighted by Gasteiger charge is 2.26.